The Kier molecular flexibility index (Phi) is 5.54. The van der Waals surface area contributed by atoms with Crippen LogP contribution in [0.1, 0.15) is 25.8 Å². The fraction of sp³-hybridized carbons (Fsp3) is 0.444. The van der Waals surface area contributed by atoms with Crippen molar-refractivity contribution in [1.29, 1.82) is 5.26 Å². The third-order valence-electron chi connectivity index (χ3n) is 3.43. The second-order valence-electron chi connectivity index (χ2n) is 6.52. The maximum atomic E-state index is 9.98. The lowest BCUT2D eigenvalue weighted by atomic mass is 10.1. The van der Waals surface area contributed by atoms with Crippen LogP contribution in [0.3, 0.4) is 0 Å². The summed E-state index contributed by atoms with van der Waals surface area (Å²) >= 11 is 0. The quantitative estimate of drug-likeness (QED) is 0.853. The number of likely N-dealkylation sites (N-methyl/N-ethyl adjacent to an activating group) is 1. The van der Waals surface area contributed by atoms with Gasteiger partial charge in [0, 0.05) is 30.4 Å². The Hall–Kier alpha value is -2.16. The first-order valence-corrected chi connectivity index (χ1v) is 7.78. The Bertz CT molecular complexity index is 665. The highest BCUT2D eigenvalue weighted by atomic mass is 16.3. The minimum atomic E-state index is -0.738. The average molecular weight is 312 g/mol. The number of hydrogen-bond donors (Lipinski definition) is 1. The van der Waals surface area contributed by atoms with Gasteiger partial charge in [-0.3, -0.25) is 9.58 Å². The predicted octanol–water partition coefficient (Wildman–Crippen LogP) is 2.67. The maximum absolute atomic E-state index is 9.98. The highest BCUT2D eigenvalue weighted by molar-refractivity contribution is 5.62. The largest absolute Gasteiger partial charge is 0.389 e. The lowest BCUT2D eigenvalue weighted by Crippen LogP contribution is -2.35. The van der Waals surface area contributed by atoms with Crippen LogP contribution in [0.5, 0.6) is 0 Å². The lowest BCUT2D eigenvalue weighted by molar-refractivity contribution is 0.0425. The highest BCUT2D eigenvalue weighted by Gasteiger charge is 2.18. The van der Waals surface area contributed by atoms with Crippen LogP contribution in [-0.2, 0) is 13.1 Å². The van der Waals surface area contributed by atoms with Crippen molar-refractivity contribution >= 4 is 0 Å². The van der Waals surface area contributed by atoms with Gasteiger partial charge >= 0.3 is 0 Å². The molecule has 0 fully saturated rings. The van der Waals surface area contributed by atoms with Crippen LogP contribution < -0.4 is 0 Å². The van der Waals surface area contributed by atoms with Gasteiger partial charge in [-0.25, -0.2) is 0 Å². The second-order valence-corrected chi connectivity index (χ2v) is 6.52. The third-order valence-corrected chi connectivity index (χ3v) is 3.43. The summed E-state index contributed by atoms with van der Waals surface area (Å²) in [6.07, 6.45) is 2.44. The van der Waals surface area contributed by atoms with E-state index in [1.807, 2.05) is 48.3 Å². The van der Waals surface area contributed by atoms with E-state index < -0.39 is 5.60 Å². The van der Waals surface area contributed by atoms with E-state index in [-0.39, 0.29) is 0 Å². The Labute approximate surface area is 137 Å². The van der Waals surface area contributed by atoms with Gasteiger partial charge in [0.15, 0.2) is 0 Å². The smallest absolute Gasteiger partial charge is 0.0968 e. The molecular formula is C18H24N4O. The van der Waals surface area contributed by atoms with E-state index in [1.54, 1.807) is 13.8 Å². The minimum Gasteiger partial charge on any atom is -0.389 e. The van der Waals surface area contributed by atoms with Crippen molar-refractivity contribution in [3.63, 3.8) is 0 Å². The van der Waals surface area contributed by atoms with Crippen molar-refractivity contribution in [2.75, 3.05) is 13.6 Å². The van der Waals surface area contributed by atoms with Gasteiger partial charge in [0.1, 0.15) is 0 Å². The number of aryl methyl sites for hydroxylation is 1. The molecule has 0 aliphatic carbocycles. The fourth-order valence-corrected chi connectivity index (χ4v) is 2.70. The monoisotopic (exact) mass is 312 g/mol. The molecule has 1 N–H and O–H groups in total. The molecule has 5 nitrogen and oxygen atoms in total. The molecule has 0 spiro atoms. The van der Waals surface area contributed by atoms with E-state index in [0.29, 0.717) is 26.1 Å². The number of rotatable bonds is 7. The molecule has 1 heterocycles. The summed E-state index contributed by atoms with van der Waals surface area (Å²) < 4.78 is 1.83. The molecule has 122 valence electrons. The highest BCUT2D eigenvalue weighted by Crippen LogP contribution is 2.23. The summed E-state index contributed by atoms with van der Waals surface area (Å²) in [5.41, 5.74) is 2.36. The van der Waals surface area contributed by atoms with E-state index in [0.717, 1.165) is 16.8 Å². The Morgan fingerprint density at radius 1 is 1.30 bits per heavy atom. The number of nitriles is 1. The molecule has 0 unspecified atom stereocenters. The number of aliphatic hydroxyl groups is 1. The zero-order chi connectivity index (χ0) is 16.9. The lowest BCUT2D eigenvalue weighted by Gasteiger charge is -2.25. The Balaban J connectivity index is 2.26. The topological polar surface area (TPSA) is 65.1 Å². The molecule has 0 atom stereocenters. The number of nitrogens with zero attached hydrogens (tertiary/aromatic N) is 4. The van der Waals surface area contributed by atoms with E-state index in [9.17, 15) is 5.11 Å². The molecule has 0 bridgehead atoms. The molecule has 1 aromatic heterocycles. The predicted molar refractivity (Wildman–Crippen MR) is 90.5 cm³/mol. The normalized spacial score (nSPS) is 11.7. The first-order valence-electron chi connectivity index (χ1n) is 7.78. The van der Waals surface area contributed by atoms with Crippen LogP contribution in [-0.4, -0.2) is 39.0 Å². The van der Waals surface area contributed by atoms with E-state index in [2.05, 4.69) is 16.1 Å². The Morgan fingerprint density at radius 3 is 2.61 bits per heavy atom. The summed E-state index contributed by atoms with van der Waals surface area (Å²) in [4.78, 5) is 2.08. The molecule has 2 rings (SSSR count). The van der Waals surface area contributed by atoms with Crippen molar-refractivity contribution in [2.45, 2.75) is 39.0 Å². The van der Waals surface area contributed by atoms with Crippen LogP contribution in [0.4, 0.5) is 0 Å². The van der Waals surface area contributed by atoms with Crippen LogP contribution in [0.2, 0.25) is 0 Å². The first kappa shape index (κ1) is 17.2. The van der Waals surface area contributed by atoms with Gasteiger partial charge in [-0.1, -0.05) is 30.3 Å². The Morgan fingerprint density at radius 2 is 2.00 bits per heavy atom. The number of benzene rings is 1. The molecule has 0 aliphatic rings. The summed E-state index contributed by atoms with van der Waals surface area (Å²) in [5, 5.41) is 23.4. The summed E-state index contributed by atoms with van der Waals surface area (Å²) in [7, 11) is 1.99. The van der Waals surface area contributed by atoms with Crippen LogP contribution in [0.15, 0.2) is 36.5 Å². The van der Waals surface area contributed by atoms with Crippen molar-refractivity contribution in [3.8, 4) is 17.3 Å². The van der Waals surface area contributed by atoms with E-state index >= 15 is 0 Å². The maximum Gasteiger partial charge on any atom is 0.0968 e. The zero-order valence-electron chi connectivity index (χ0n) is 14.0. The van der Waals surface area contributed by atoms with E-state index in [4.69, 9.17) is 5.26 Å². The van der Waals surface area contributed by atoms with Gasteiger partial charge in [-0.2, -0.15) is 10.4 Å². The average Bonchev–Trinajstić information content (AvgIpc) is 2.86. The molecule has 23 heavy (non-hydrogen) atoms. The summed E-state index contributed by atoms with van der Waals surface area (Å²) in [6, 6.07) is 12.2. The van der Waals surface area contributed by atoms with Crippen LogP contribution >= 0.6 is 0 Å². The molecule has 0 aliphatic heterocycles. The second kappa shape index (κ2) is 7.40. The van der Waals surface area contributed by atoms with Crippen molar-refractivity contribution in [1.82, 2.24) is 14.7 Å². The summed E-state index contributed by atoms with van der Waals surface area (Å²) in [5.74, 6) is 0. The van der Waals surface area contributed by atoms with Gasteiger partial charge in [0.2, 0.25) is 0 Å². The minimum absolute atomic E-state index is 0.439. The molecule has 0 radical (unpaired) electrons. The third kappa shape index (κ3) is 5.20. The molecular weight excluding hydrogens is 288 g/mol. The molecule has 1 aromatic carbocycles. The van der Waals surface area contributed by atoms with Gasteiger partial charge in [0.05, 0.1) is 30.3 Å². The van der Waals surface area contributed by atoms with E-state index in [1.165, 1.54) is 0 Å². The molecule has 2 aromatic rings. The molecule has 5 heteroatoms. The zero-order valence-corrected chi connectivity index (χ0v) is 14.0. The van der Waals surface area contributed by atoms with Crippen molar-refractivity contribution < 1.29 is 5.11 Å². The van der Waals surface area contributed by atoms with Crippen molar-refractivity contribution in [3.05, 3.63) is 42.1 Å². The van der Waals surface area contributed by atoms with Crippen LogP contribution in [0.25, 0.3) is 11.3 Å². The summed E-state index contributed by atoms with van der Waals surface area (Å²) in [6.45, 7) is 5.47. The molecule has 0 saturated carbocycles. The SMILES string of the molecule is CN(Cc1cn(CCC#N)nc1-c1ccccc1)CC(C)(C)O. The van der Waals surface area contributed by atoms with Gasteiger partial charge in [-0.15, -0.1) is 0 Å². The van der Waals surface area contributed by atoms with Crippen LogP contribution in [0, 0.1) is 11.3 Å². The number of hydrogen-bond acceptors (Lipinski definition) is 4. The fourth-order valence-electron chi connectivity index (χ4n) is 2.70. The molecule has 0 saturated heterocycles. The van der Waals surface area contributed by atoms with Crippen molar-refractivity contribution in [2.24, 2.45) is 0 Å². The first-order chi connectivity index (χ1) is 10.9. The number of aromatic nitrogens is 2. The van der Waals surface area contributed by atoms with Gasteiger partial charge in [-0.05, 0) is 20.9 Å². The molecule has 0 amide bonds. The van der Waals surface area contributed by atoms with Gasteiger partial charge in [0.25, 0.3) is 0 Å². The van der Waals surface area contributed by atoms with Gasteiger partial charge < -0.3 is 5.11 Å². The standard InChI is InChI=1S/C18H24N4O/c1-18(2,23)14-21(3)12-16-13-22(11-7-10-19)20-17(16)15-8-5-4-6-9-15/h4-6,8-9,13,23H,7,11-12,14H2,1-3H3.